The Labute approximate surface area is 114 Å². The first-order valence-corrected chi connectivity index (χ1v) is 6.49. The molecule has 0 unspecified atom stereocenters. The maximum Gasteiger partial charge on any atom is 0.163 e. The van der Waals surface area contributed by atoms with Gasteiger partial charge in [-0.05, 0) is 51.0 Å². The summed E-state index contributed by atoms with van der Waals surface area (Å²) in [4.78, 5) is 11.7. The van der Waals surface area contributed by atoms with Gasteiger partial charge in [0.2, 0.25) is 0 Å². The molecule has 0 radical (unpaired) electrons. The molecule has 1 aliphatic carbocycles. The largest absolute Gasteiger partial charge is 0.457 e. The van der Waals surface area contributed by atoms with Crippen molar-refractivity contribution in [3.05, 3.63) is 65.5 Å². The Bertz CT molecular complexity index is 545. The zero-order valence-electron chi connectivity index (χ0n) is 11.3. The summed E-state index contributed by atoms with van der Waals surface area (Å²) in [6.07, 6.45) is 9.62. The normalized spacial score (nSPS) is 16.7. The lowest BCUT2D eigenvalue weighted by Crippen LogP contribution is -2.07. The van der Waals surface area contributed by atoms with Gasteiger partial charge in [-0.1, -0.05) is 29.8 Å². The molecule has 98 valence electrons. The number of Topliss-reactive ketones (excluding diaryl/α,β-unsaturated/α-hetero) is 1. The molecule has 1 aliphatic rings. The monoisotopic (exact) mass is 254 g/mol. The van der Waals surface area contributed by atoms with E-state index in [1.807, 2.05) is 49.4 Å². The predicted octanol–water partition coefficient (Wildman–Crippen LogP) is 4.12. The van der Waals surface area contributed by atoms with Crippen LogP contribution in [0.3, 0.4) is 0 Å². The van der Waals surface area contributed by atoms with Crippen LogP contribution in [0.4, 0.5) is 0 Å². The summed E-state index contributed by atoms with van der Waals surface area (Å²) in [5, 5.41) is 0. The second-order valence-corrected chi connectivity index (χ2v) is 4.63. The first kappa shape index (κ1) is 13.3. The van der Waals surface area contributed by atoms with Crippen molar-refractivity contribution in [1.82, 2.24) is 0 Å². The molecule has 0 amide bonds. The molecular formula is C17H18O2. The molecule has 0 spiro atoms. The van der Waals surface area contributed by atoms with Crippen LogP contribution >= 0.6 is 0 Å². The quantitative estimate of drug-likeness (QED) is 0.811. The van der Waals surface area contributed by atoms with Crippen molar-refractivity contribution in [2.24, 2.45) is 0 Å². The van der Waals surface area contributed by atoms with Gasteiger partial charge in [0, 0.05) is 0 Å². The van der Waals surface area contributed by atoms with Crippen molar-refractivity contribution < 1.29 is 9.53 Å². The molecule has 19 heavy (non-hydrogen) atoms. The molecule has 2 rings (SSSR count). The second kappa shape index (κ2) is 6.19. The van der Waals surface area contributed by atoms with E-state index < -0.39 is 0 Å². The first-order valence-electron chi connectivity index (χ1n) is 6.49. The smallest absolute Gasteiger partial charge is 0.163 e. The van der Waals surface area contributed by atoms with Crippen LogP contribution in [0.1, 0.15) is 25.3 Å². The summed E-state index contributed by atoms with van der Waals surface area (Å²) in [5.41, 5.74) is 1.81. The van der Waals surface area contributed by atoms with E-state index in [0.29, 0.717) is 11.3 Å². The Hall–Kier alpha value is -2.09. The van der Waals surface area contributed by atoms with Gasteiger partial charge in [-0.15, -0.1) is 0 Å². The van der Waals surface area contributed by atoms with Crippen LogP contribution in [0.15, 0.2) is 59.9 Å². The van der Waals surface area contributed by atoms with Gasteiger partial charge in [-0.25, -0.2) is 0 Å². The Morgan fingerprint density at radius 3 is 2.58 bits per heavy atom. The number of carbonyl (C=O) groups is 1. The summed E-state index contributed by atoms with van der Waals surface area (Å²) >= 11 is 0. The molecule has 0 aliphatic heterocycles. The van der Waals surface area contributed by atoms with Crippen molar-refractivity contribution in [3.63, 3.8) is 0 Å². The van der Waals surface area contributed by atoms with Crippen molar-refractivity contribution in [2.45, 2.75) is 26.7 Å². The fraction of sp³-hybridized carbons (Fsp3) is 0.235. The highest BCUT2D eigenvalue weighted by molar-refractivity contribution is 5.97. The maximum absolute atomic E-state index is 11.7. The Morgan fingerprint density at radius 2 is 1.89 bits per heavy atom. The third-order valence-electron chi connectivity index (χ3n) is 2.96. The summed E-state index contributed by atoms with van der Waals surface area (Å²) < 4.78 is 5.86. The van der Waals surface area contributed by atoms with Gasteiger partial charge in [-0.2, -0.15) is 0 Å². The number of hydrogen-bond acceptors (Lipinski definition) is 2. The fourth-order valence-corrected chi connectivity index (χ4v) is 1.88. The van der Waals surface area contributed by atoms with Crippen LogP contribution in [0.2, 0.25) is 0 Å². The van der Waals surface area contributed by atoms with Gasteiger partial charge in [0.05, 0.1) is 5.57 Å². The third-order valence-corrected chi connectivity index (χ3v) is 2.96. The third kappa shape index (κ3) is 3.68. The SMILES string of the molecule is CC(=O)C1=C/C=C\CCC=C1Oc1ccc(C)cc1. The number of ketones is 1. The molecule has 1 aromatic rings. The van der Waals surface area contributed by atoms with E-state index in [4.69, 9.17) is 4.74 Å². The highest BCUT2D eigenvalue weighted by Gasteiger charge is 2.12. The van der Waals surface area contributed by atoms with Gasteiger partial charge >= 0.3 is 0 Å². The molecule has 0 fully saturated rings. The molecule has 0 bridgehead atoms. The first-order chi connectivity index (χ1) is 9.16. The van der Waals surface area contributed by atoms with E-state index >= 15 is 0 Å². The number of aryl methyl sites for hydroxylation is 1. The van der Waals surface area contributed by atoms with E-state index in [9.17, 15) is 4.79 Å². The molecular weight excluding hydrogens is 236 g/mol. The van der Waals surface area contributed by atoms with Crippen LogP contribution in [0, 0.1) is 6.92 Å². The van der Waals surface area contributed by atoms with Crippen LogP contribution in [-0.4, -0.2) is 5.78 Å². The van der Waals surface area contributed by atoms with Crippen LogP contribution in [0.25, 0.3) is 0 Å². The summed E-state index contributed by atoms with van der Waals surface area (Å²) in [7, 11) is 0. The van der Waals surface area contributed by atoms with E-state index in [2.05, 4.69) is 6.08 Å². The van der Waals surface area contributed by atoms with E-state index in [1.165, 1.54) is 5.56 Å². The Balaban J connectivity index is 2.27. The minimum atomic E-state index is 0.0184. The summed E-state index contributed by atoms with van der Waals surface area (Å²) in [6.45, 7) is 3.60. The van der Waals surface area contributed by atoms with Crippen LogP contribution < -0.4 is 4.74 Å². The van der Waals surface area contributed by atoms with Gasteiger partial charge < -0.3 is 4.74 Å². The topological polar surface area (TPSA) is 26.3 Å². The van der Waals surface area contributed by atoms with Crippen molar-refractivity contribution in [1.29, 1.82) is 0 Å². The van der Waals surface area contributed by atoms with Gasteiger partial charge in [0.1, 0.15) is 11.5 Å². The number of allylic oxidation sites excluding steroid dienone is 5. The van der Waals surface area contributed by atoms with E-state index in [1.54, 1.807) is 6.92 Å². The zero-order valence-corrected chi connectivity index (χ0v) is 11.3. The van der Waals surface area contributed by atoms with Crippen molar-refractivity contribution in [3.8, 4) is 5.75 Å². The molecule has 2 heteroatoms. The lowest BCUT2D eigenvalue weighted by atomic mass is 10.1. The van der Waals surface area contributed by atoms with E-state index in [0.717, 1.165) is 18.6 Å². The molecule has 0 heterocycles. The zero-order chi connectivity index (χ0) is 13.7. The van der Waals surface area contributed by atoms with Crippen LogP contribution in [-0.2, 0) is 4.79 Å². The summed E-state index contributed by atoms with van der Waals surface area (Å²) in [6, 6.07) is 7.83. The molecule has 0 saturated carbocycles. The molecule has 1 aromatic carbocycles. The lowest BCUT2D eigenvalue weighted by Gasteiger charge is -2.13. The molecule has 0 atom stereocenters. The molecule has 0 saturated heterocycles. The average Bonchev–Trinajstić information content (AvgIpc) is 2.35. The number of benzene rings is 1. The minimum absolute atomic E-state index is 0.0184. The minimum Gasteiger partial charge on any atom is -0.457 e. The number of ether oxygens (including phenoxy) is 1. The lowest BCUT2D eigenvalue weighted by molar-refractivity contribution is -0.113. The highest BCUT2D eigenvalue weighted by atomic mass is 16.5. The van der Waals surface area contributed by atoms with Crippen molar-refractivity contribution in [2.75, 3.05) is 0 Å². The molecule has 0 N–H and O–H groups in total. The molecule has 0 aromatic heterocycles. The van der Waals surface area contributed by atoms with Gasteiger partial charge in [0.25, 0.3) is 0 Å². The average molecular weight is 254 g/mol. The fourth-order valence-electron chi connectivity index (χ4n) is 1.88. The second-order valence-electron chi connectivity index (χ2n) is 4.63. The standard InChI is InChI=1S/C17H18O2/c1-13-9-11-15(12-10-13)19-17-8-6-4-3-5-7-16(17)14(2)18/h3,5,7-12H,4,6H2,1-2H3/b5-3-,16-7?,17-8?. The van der Waals surface area contributed by atoms with Gasteiger partial charge in [0.15, 0.2) is 5.78 Å². The number of rotatable bonds is 3. The Kier molecular flexibility index (Phi) is 4.35. The predicted molar refractivity (Wildman–Crippen MR) is 77.0 cm³/mol. The number of carbonyl (C=O) groups excluding carboxylic acids is 1. The van der Waals surface area contributed by atoms with Gasteiger partial charge in [-0.3, -0.25) is 4.79 Å². The maximum atomic E-state index is 11.7. The molecule has 2 nitrogen and oxygen atoms in total. The summed E-state index contributed by atoms with van der Waals surface area (Å²) in [5.74, 6) is 1.43. The number of hydrogen-bond donors (Lipinski definition) is 0. The van der Waals surface area contributed by atoms with E-state index in [-0.39, 0.29) is 5.78 Å². The van der Waals surface area contributed by atoms with Crippen LogP contribution in [0.5, 0.6) is 5.75 Å². The Morgan fingerprint density at radius 1 is 1.16 bits per heavy atom. The highest BCUT2D eigenvalue weighted by Crippen LogP contribution is 2.22. The van der Waals surface area contributed by atoms with Crippen molar-refractivity contribution >= 4 is 5.78 Å².